The maximum absolute atomic E-state index is 11.7. The monoisotopic (exact) mass is 489 g/mol. The predicted molar refractivity (Wildman–Crippen MR) is 140 cm³/mol. The van der Waals surface area contributed by atoms with Gasteiger partial charge in [0.05, 0.1) is 13.7 Å². The number of primary amides is 1. The first-order valence-corrected chi connectivity index (χ1v) is 12.8. The van der Waals surface area contributed by atoms with Crippen molar-refractivity contribution in [3.8, 4) is 5.75 Å². The van der Waals surface area contributed by atoms with Gasteiger partial charge in [-0.3, -0.25) is 14.5 Å². The number of fused-ring (bicyclic) bond motifs is 1. The van der Waals surface area contributed by atoms with Crippen LogP contribution in [-0.4, -0.2) is 72.6 Å². The van der Waals surface area contributed by atoms with Crippen LogP contribution in [0.3, 0.4) is 0 Å². The summed E-state index contributed by atoms with van der Waals surface area (Å²) in [5.41, 5.74) is 9.57. The van der Waals surface area contributed by atoms with Crippen LogP contribution in [0.5, 0.6) is 5.75 Å². The number of carbonyl (C=O) groups is 2. The molecule has 36 heavy (non-hydrogen) atoms. The van der Waals surface area contributed by atoms with E-state index in [0.29, 0.717) is 24.7 Å². The lowest BCUT2D eigenvalue weighted by Gasteiger charge is -2.33. The number of hydrogen-bond acceptors (Lipinski definition) is 5. The fourth-order valence-corrected chi connectivity index (χ4v) is 5.53. The normalized spacial score (nSPS) is 17.9. The maximum atomic E-state index is 11.7. The lowest BCUT2D eigenvalue weighted by atomic mass is 10.0. The van der Waals surface area contributed by atoms with Crippen molar-refractivity contribution >= 4 is 22.7 Å². The molecule has 2 aromatic carbocycles. The first-order chi connectivity index (χ1) is 17.5. The first-order valence-electron chi connectivity index (χ1n) is 12.8. The van der Waals surface area contributed by atoms with Crippen molar-refractivity contribution in [1.82, 2.24) is 19.7 Å². The Balaban J connectivity index is 1.19. The molecule has 2 saturated heterocycles. The highest BCUT2D eigenvalue weighted by atomic mass is 16.5. The third-order valence-corrected chi connectivity index (χ3v) is 7.52. The Kier molecular flexibility index (Phi) is 7.25. The number of nitrogens with one attached hydrogen (secondary N) is 1. The summed E-state index contributed by atoms with van der Waals surface area (Å²) in [4.78, 5) is 28.1. The van der Waals surface area contributed by atoms with Gasteiger partial charge in [0.1, 0.15) is 5.75 Å². The molecule has 0 saturated carbocycles. The van der Waals surface area contributed by atoms with Gasteiger partial charge in [-0.15, -0.1) is 0 Å². The molecule has 0 unspecified atom stereocenters. The van der Waals surface area contributed by atoms with Crippen molar-refractivity contribution in [3.05, 3.63) is 65.4 Å². The summed E-state index contributed by atoms with van der Waals surface area (Å²) in [5, 5.41) is 4.02. The van der Waals surface area contributed by atoms with Crippen molar-refractivity contribution in [3.63, 3.8) is 0 Å². The van der Waals surface area contributed by atoms with Crippen molar-refractivity contribution in [1.29, 1.82) is 0 Å². The van der Waals surface area contributed by atoms with Crippen LogP contribution >= 0.6 is 0 Å². The number of amides is 2. The summed E-state index contributed by atoms with van der Waals surface area (Å²) in [5.74, 6) is 0.633. The van der Waals surface area contributed by atoms with E-state index in [2.05, 4.69) is 50.1 Å². The Hall–Kier alpha value is -3.36. The molecule has 3 N–H and O–H groups in total. The number of piperidine rings is 1. The molecular formula is C28H35N5O3. The third-order valence-electron chi connectivity index (χ3n) is 7.52. The van der Waals surface area contributed by atoms with Crippen molar-refractivity contribution in [2.24, 2.45) is 5.73 Å². The molecule has 3 aromatic rings. The summed E-state index contributed by atoms with van der Waals surface area (Å²) < 4.78 is 7.96. The van der Waals surface area contributed by atoms with Gasteiger partial charge in [-0.25, -0.2) is 0 Å². The molecule has 5 rings (SSSR count). The van der Waals surface area contributed by atoms with Gasteiger partial charge in [0.15, 0.2) is 0 Å². The molecule has 3 heterocycles. The van der Waals surface area contributed by atoms with E-state index in [0.717, 1.165) is 68.6 Å². The van der Waals surface area contributed by atoms with E-state index in [9.17, 15) is 9.59 Å². The van der Waals surface area contributed by atoms with Gasteiger partial charge in [-0.2, -0.15) is 0 Å². The van der Waals surface area contributed by atoms with Crippen molar-refractivity contribution in [2.75, 3.05) is 46.4 Å². The Labute approximate surface area is 212 Å². The molecule has 0 atom stereocenters. The Morgan fingerprint density at radius 1 is 1.08 bits per heavy atom. The highest BCUT2D eigenvalue weighted by Crippen LogP contribution is 2.29. The number of rotatable bonds is 8. The van der Waals surface area contributed by atoms with Crippen LogP contribution in [0, 0.1) is 0 Å². The lowest BCUT2D eigenvalue weighted by molar-refractivity contribution is -0.124. The molecule has 2 aliphatic rings. The minimum absolute atomic E-state index is 0.0969. The average Bonchev–Trinajstić information content (AvgIpc) is 3.31. The third kappa shape index (κ3) is 5.39. The Bertz CT molecular complexity index is 1250. The van der Waals surface area contributed by atoms with E-state index in [1.807, 2.05) is 12.1 Å². The molecule has 2 amide bonds. The summed E-state index contributed by atoms with van der Waals surface area (Å²) in [6.45, 7) is 5.87. The van der Waals surface area contributed by atoms with E-state index in [1.165, 1.54) is 11.1 Å². The standard InChI is InChI=1S/C28H35N5O3/c1-36-26-5-2-20(18-32-15-10-30-27(34)19-32)16-22(26)6-11-31-12-8-24(9-13-31)33-14-7-21-3-4-23(28(29)35)17-25(21)33/h2-5,7,14,16-17,24H,6,8-13,15,18-19H2,1H3,(H2,29,35)(H,30,34). The second kappa shape index (κ2) is 10.7. The van der Waals surface area contributed by atoms with Crippen LogP contribution in [0.25, 0.3) is 10.9 Å². The smallest absolute Gasteiger partial charge is 0.248 e. The lowest BCUT2D eigenvalue weighted by Crippen LogP contribution is -2.47. The van der Waals surface area contributed by atoms with Gasteiger partial charge < -0.3 is 25.3 Å². The zero-order valence-electron chi connectivity index (χ0n) is 20.9. The maximum Gasteiger partial charge on any atom is 0.248 e. The number of methoxy groups -OCH3 is 1. The van der Waals surface area contributed by atoms with Gasteiger partial charge >= 0.3 is 0 Å². The highest BCUT2D eigenvalue weighted by Gasteiger charge is 2.22. The van der Waals surface area contributed by atoms with Crippen LogP contribution in [-0.2, 0) is 17.8 Å². The van der Waals surface area contributed by atoms with Gasteiger partial charge in [0.25, 0.3) is 0 Å². The molecule has 0 bridgehead atoms. The Morgan fingerprint density at radius 3 is 2.67 bits per heavy atom. The number of aromatic nitrogens is 1. The largest absolute Gasteiger partial charge is 0.496 e. The molecule has 2 fully saturated rings. The fourth-order valence-electron chi connectivity index (χ4n) is 5.53. The van der Waals surface area contributed by atoms with E-state index < -0.39 is 0 Å². The number of hydrogen-bond donors (Lipinski definition) is 2. The molecular weight excluding hydrogens is 454 g/mol. The Morgan fingerprint density at radius 2 is 1.92 bits per heavy atom. The van der Waals surface area contributed by atoms with E-state index >= 15 is 0 Å². The molecule has 0 radical (unpaired) electrons. The summed E-state index contributed by atoms with van der Waals surface area (Å²) in [6, 6.07) is 14.6. The molecule has 0 spiro atoms. The zero-order chi connectivity index (χ0) is 25.1. The van der Waals surface area contributed by atoms with E-state index in [-0.39, 0.29) is 11.8 Å². The minimum atomic E-state index is -0.389. The number of nitrogens with zero attached hydrogens (tertiary/aromatic N) is 3. The quantitative estimate of drug-likeness (QED) is 0.507. The van der Waals surface area contributed by atoms with Crippen molar-refractivity contribution in [2.45, 2.75) is 31.8 Å². The molecule has 8 nitrogen and oxygen atoms in total. The van der Waals surface area contributed by atoms with Crippen LogP contribution in [0.1, 0.15) is 40.4 Å². The van der Waals surface area contributed by atoms with Gasteiger partial charge in [0, 0.05) is 62.6 Å². The molecule has 1 aromatic heterocycles. The number of ether oxygens (including phenoxy) is 1. The summed E-state index contributed by atoms with van der Waals surface area (Å²) >= 11 is 0. The highest BCUT2D eigenvalue weighted by molar-refractivity contribution is 5.97. The van der Waals surface area contributed by atoms with Gasteiger partial charge in [-0.1, -0.05) is 18.2 Å². The number of nitrogens with two attached hydrogens (primary N) is 1. The second-order valence-electron chi connectivity index (χ2n) is 9.89. The molecule has 2 aliphatic heterocycles. The predicted octanol–water partition coefficient (Wildman–Crippen LogP) is 2.56. The SMILES string of the molecule is COc1ccc(CN2CCNC(=O)C2)cc1CCN1CCC(n2ccc3ccc(C(N)=O)cc32)CC1. The van der Waals surface area contributed by atoms with Crippen LogP contribution in [0.15, 0.2) is 48.7 Å². The van der Waals surface area contributed by atoms with E-state index in [1.54, 1.807) is 13.2 Å². The average molecular weight is 490 g/mol. The summed E-state index contributed by atoms with van der Waals surface area (Å²) in [7, 11) is 1.73. The number of carbonyl (C=O) groups excluding carboxylic acids is 2. The molecule has 8 heteroatoms. The zero-order valence-corrected chi connectivity index (χ0v) is 20.9. The fraction of sp³-hybridized carbons (Fsp3) is 0.429. The summed E-state index contributed by atoms with van der Waals surface area (Å²) in [6.07, 6.45) is 5.20. The van der Waals surface area contributed by atoms with Gasteiger partial charge in [-0.05, 0) is 60.0 Å². The van der Waals surface area contributed by atoms with Crippen LogP contribution in [0.4, 0.5) is 0 Å². The molecule has 190 valence electrons. The van der Waals surface area contributed by atoms with Crippen LogP contribution < -0.4 is 15.8 Å². The first kappa shape index (κ1) is 24.3. The van der Waals surface area contributed by atoms with E-state index in [4.69, 9.17) is 10.5 Å². The minimum Gasteiger partial charge on any atom is -0.496 e. The number of piperazine rings is 1. The van der Waals surface area contributed by atoms with Crippen molar-refractivity contribution < 1.29 is 14.3 Å². The topological polar surface area (TPSA) is 92.8 Å². The van der Waals surface area contributed by atoms with Gasteiger partial charge in [0.2, 0.25) is 11.8 Å². The number of likely N-dealkylation sites (tertiary alicyclic amines) is 1. The number of benzene rings is 2. The second-order valence-corrected chi connectivity index (χ2v) is 9.89. The molecule has 0 aliphatic carbocycles. The van der Waals surface area contributed by atoms with Crippen LogP contribution in [0.2, 0.25) is 0 Å².